The Balaban J connectivity index is 0.000000147. The summed E-state index contributed by atoms with van der Waals surface area (Å²) in [6.07, 6.45) is -2.90. The Labute approximate surface area is 696 Å². The highest BCUT2D eigenvalue weighted by atomic mass is 19.4. The minimum Gasteiger partial charge on any atom is -0.322 e. The molecule has 5 N–H and O–H groups in total. The third-order valence-corrected chi connectivity index (χ3v) is 24.4. The molecule has 5 unspecified atom stereocenters. The first kappa shape index (κ1) is 89.7. The van der Waals surface area contributed by atoms with Gasteiger partial charge in [-0.3, -0.25) is 47.4 Å². The second-order valence-electron chi connectivity index (χ2n) is 36.4. The van der Waals surface area contributed by atoms with E-state index in [1.54, 1.807) is 27.7 Å². The monoisotopic (exact) mass is 1660 g/mol. The number of carbonyl (C=O) groups excluding carboxylic acids is 5. The zero-order valence-corrected chi connectivity index (χ0v) is 72.9. The number of rotatable bonds is 11. The lowest BCUT2D eigenvalue weighted by atomic mass is 9.86. The fraction of sp³-hybridized carbons (Fsp3) is 0.457. The standard InChI is InChI=1S/C19H22F3N3O.C19H25N3O.C18H20F3N3O.C18H21F2N3O.C18H23N3O/c1-10-9-18(3,4)12-7-6-8-13(14(10)12)23-17(26)15-11(2)25(5)24-16(15)19(20,21)22;1-11-10-19(4,5)14-8-7-9-15(16(11)14)20-18(23)17-12(2)21-22(6)13(17)3;1-10-8-17(2,3)12-6-5-7-13(14(10)12)22-16(25)11-9-24(4)23-15(11)18(19,20)21;1-10-8-18(2,3)12-6-5-7-13(14(10)12)21-17(24)11-9-23(4)22-15(11)16(19)20;1-11-9-18(3,4)14-7-6-8-15(16(11)14)19-17(22)13-10-21(5)20-12(13)2/h6-8,10H,9H2,1-5H3,(H,23,26);7-9,11H,10H2,1-6H3,(H,20,23);5-7,9-10H,8H2,1-4H3,(H,22,25);5-7,9-10,16H,8H2,1-4H3,(H,21,24);6-8,10-11H,9H2,1-5H3,(H,19,22). The molecule has 5 aliphatic carbocycles. The van der Waals surface area contributed by atoms with E-state index >= 15 is 0 Å². The van der Waals surface area contributed by atoms with E-state index in [2.05, 4.69) is 174 Å². The van der Waals surface area contributed by atoms with Gasteiger partial charge in [-0.05, 0) is 202 Å². The van der Waals surface area contributed by atoms with Crippen LogP contribution < -0.4 is 26.6 Å². The number of halogens is 8. The van der Waals surface area contributed by atoms with Gasteiger partial charge in [0, 0.05) is 93.7 Å². The summed E-state index contributed by atoms with van der Waals surface area (Å²) in [4.78, 5) is 63.1. The molecule has 5 aromatic heterocycles. The van der Waals surface area contributed by atoms with Crippen molar-refractivity contribution in [2.45, 2.75) is 239 Å². The summed E-state index contributed by atoms with van der Waals surface area (Å²) in [5, 5.41) is 33.5. The number of amides is 5. The molecule has 10 aromatic rings. The molecule has 120 heavy (non-hydrogen) atoms. The van der Waals surface area contributed by atoms with Crippen LogP contribution in [0.3, 0.4) is 0 Å². The van der Waals surface area contributed by atoms with E-state index < -0.39 is 64.7 Å². The Morgan fingerprint density at radius 3 is 0.942 bits per heavy atom. The molecule has 0 saturated heterocycles. The number of fused-ring (bicyclic) bond motifs is 5. The average Bonchev–Trinajstić information content (AvgIpc) is 1.63. The average molecular weight is 1660 g/mol. The number of carbonyl (C=O) groups is 5. The first-order valence-corrected chi connectivity index (χ1v) is 40.4. The molecule has 0 spiro atoms. The summed E-state index contributed by atoms with van der Waals surface area (Å²) in [6, 6.07) is 29.4. The van der Waals surface area contributed by atoms with Gasteiger partial charge in [0.05, 0.1) is 39.2 Å². The molecule has 15 rings (SSSR count). The minimum atomic E-state index is -4.69. The number of aromatic nitrogens is 10. The lowest BCUT2D eigenvalue weighted by Gasteiger charge is -2.19. The van der Waals surface area contributed by atoms with Crippen LogP contribution in [-0.2, 0) is 74.7 Å². The number of nitrogens with zero attached hydrogens (tertiary/aromatic N) is 10. The van der Waals surface area contributed by atoms with Crippen LogP contribution in [0.4, 0.5) is 63.6 Å². The maximum absolute atomic E-state index is 13.3. The molecule has 0 saturated carbocycles. The molecular formula is C92H111F8N15O5. The predicted molar refractivity (Wildman–Crippen MR) is 452 cm³/mol. The Hall–Kier alpha value is -11.1. The molecule has 5 heterocycles. The van der Waals surface area contributed by atoms with Crippen LogP contribution in [0.5, 0.6) is 0 Å². The van der Waals surface area contributed by atoms with Crippen molar-refractivity contribution in [3.8, 4) is 0 Å². The zero-order chi connectivity index (χ0) is 88.7. The Morgan fingerprint density at radius 1 is 0.358 bits per heavy atom. The van der Waals surface area contributed by atoms with Gasteiger partial charge in [0.1, 0.15) is 5.69 Å². The minimum absolute atomic E-state index is 0.0269. The molecule has 640 valence electrons. The Kier molecular flexibility index (Phi) is 24.8. The molecule has 20 nitrogen and oxygen atoms in total. The van der Waals surface area contributed by atoms with Crippen molar-refractivity contribution in [2.24, 2.45) is 35.2 Å². The van der Waals surface area contributed by atoms with Crippen LogP contribution >= 0.6 is 0 Å². The fourth-order valence-electron chi connectivity index (χ4n) is 19.5. The number of aryl methyl sites for hydroxylation is 7. The number of benzene rings is 5. The highest BCUT2D eigenvalue weighted by molar-refractivity contribution is 6.09. The first-order valence-electron chi connectivity index (χ1n) is 40.4. The van der Waals surface area contributed by atoms with Gasteiger partial charge in [-0.1, -0.05) is 165 Å². The van der Waals surface area contributed by atoms with Crippen LogP contribution in [0.15, 0.2) is 110 Å². The van der Waals surface area contributed by atoms with Crippen LogP contribution in [-0.4, -0.2) is 78.4 Å². The van der Waals surface area contributed by atoms with Crippen LogP contribution in [0, 0.1) is 27.7 Å². The Bertz CT molecular complexity index is 5630. The summed E-state index contributed by atoms with van der Waals surface area (Å²) in [5.74, 6) is -0.651. The number of nitrogens with one attached hydrogen (secondary N) is 5. The normalized spacial score (nSPS) is 18.8. The van der Waals surface area contributed by atoms with Crippen molar-refractivity contribution < 1.29 is 59.1 Å². The maximum Gasteiger partial charge on any atom is 0.435 e. The second kappa shape index (κ2) is 33.2. The molecule has 0 bridgehead atoms. The van der Waals surface area contributed by atoms with Crippen molar-refractivity contribution in [3.05, 3.63) is 233 Å². The largest absolute Gasteiger partial charge is 0.435 e. The van der Waals surface area contributed by atoms with Crippen LogP contribution in [0.1, 0.15) is 319 Å². The summed E-state index contributed by atoms with van der Waals surface area (Å²) >= 11 is 0. The Morgan fingerprint density at radius 2 is 0.633 bits per heavy atom. The van der Waals surface area contributed by atoms with E-state index in [1.807, 2.05) is 95.5 Å². The van der Waals surface area contributed by atoms with Gasteiger partial charge < -0.3 is 26.6 Å². The lowest BCUT2D eigenvalue weighted by Crippen LogP contribution is -2.19. The van der Waals surface area contributed by atoms with Gasteiger partial charge in [0.25, 0.3) is 36.0 Å². The molecule has 0 aliphatic heterocycles. The molecule has 5 amide bonds. The third-order valence-electron chi connectivity index (χ3n) is 24.4. The van der Waals surface area contributed by atoms with Crippen molar-refractivity contribution in [2.75, 3.05) is 26.6 Å². The molecular weight excluding hydrogens is 1550 g/mol. The quantitative estimate of drug-likeness (QED) is 0.0768. The van der Waals surface area contributed by atoms with Gasteiger partial charge in [-0.25, -0.2) is 8.78 Å². The summed E-state index contributed by atoms with van der Waals surface area (Å²) in [6.45, 7) is 39.8. The summed E-state index contributed by atoms with van der Waals surface area (Å²) < 4.78 is 112. The molecule has 0 fully saturated rings. The number of anilines is 5. The van der Waals surface area contributed by atoms with E-state index in [9.17, 15) is 59.1 Å². The molecule has 0 radical (unpaired) electrons. The van der Waals surface area contributed by atoms with Gasteiger partial charge >= 0.3 is 12.4 Å². The van der Waals surface area contributed by atoms with Gasteiger partial charge in [0.15, 0.2) is 11.4 Å². The van der Waals surface area contributed by atoms with E-state index in [-0.39, 0.29) is 62.0 Å². The SMILES string of the molecule is CC1CC(C)(C)c2cccc(NC(=O)c3cn(C)nc3C(F)(F)F)c21.CC1CC(C)(C)c2cccc(NC(=O)c3cn(C)nc3C(F)F)c21.Cc1c(C(=O)Nc2cccc3c2C(C)CC3(C)C)c(C(F)(F)F)nn1C.Cc1nn(C)c(C)c1C(=O)Nc1cccc2c1C(C)CC2(C)C.Cc1nn(C)cc1C(=O)Nc1cccc2c1C(C)CC2(C)C. The van der Waals surface area contributed by atoms with Crippen molar-refractivity contribution in [3.63, 3.8) is 0 Å². The van der Waals surface area contributed by atoms with Crippen molar-refractivity contribution in [1.82, 2.24) is 48.9 Å². The topological polar surface area (TPSA) is 235 Å². The van der Waals surface area contributed by atoms with E-state index in [4.69, 9.17) is 0 Å². The van der Waals surface area contributed by atoms with E-state index in [1.165, 1.54) is 66.8 Å². The maximum atomic E-state index is 13.3. The zero-order valence-electron chi connectivity index (χ0n) is 72.9. The first-order chi connectivity index (χ1) is 55.7. The van der Waals surface area contributed by atoms with Gasteiger partial charge in [-0.2, -0.15) is 51.8 Å². The number of hydrogen-bond donors (Lipinski definition) is 5. The second-order valence-corrected chi connectivity index (χ2v) is 36.4. The third kappa shape index (κ3) is 18.0. The summed E-state index contributed by atoms with van der Waals surface area (Å²) in [5.41, 5.74) is 15.9. The fourth-order valence-corrected chi connectivity index (χ4v) is 19.5. The molecule has 5 aromatic carbocycles. The lowest BCUT2D eigenvalue weighted by molar-refractivity contribution is -0.142. The summed E-state index contributed by atoms with van der Waals surface area (Å²) in [7, 11) is 7.97. The number of alkyl halides is 8. The highest BCUT2D eigenvalue weighted by Gasteiger charge is 2.45. The molecule has 5 aliphatic rings. The number of hydrogen-bond acceptors (Lipinski definition) is 10. The highest BCUT2D eigenvalue weighted by Crippen LogP contribution is 2.54. The van der Waals surface area contributed by atoms with E-state index in [0.29, 0.717) is 45.9 Å². The van der Waals surface area contributed by atoms with Crippen LogP contribution in [0.25, 0.3) is 0 Å². The van der Waals surface area contributed by atoms with Crippen molar-refractivity contribution >= 4 is 58.0 Å². The molecule has 5 atom stereocenters. The van der Waals surface area contributed by atoms with Gasteiger partial charge in [-0.15, -0.1) is 0 Å². The predicted octanol–water partition coefficient (Wildman–Crippen LogP) is 21.5. The van der Waals surface area contributed by atoms with E-state index in [0.717, 1.165) is 104 Å². The smallest absolute Gasteiger partial charge is 0.322 e. The van der Waals surface area contributed by atoms with Crippen LogP contribution in [0.2, 0.25) is 0 Å². The molecule has 28 heteroatoms. The van der Waals surface area contributed by atoms with Gasteiger partial charge in [0.2, 0.25) is 0 Å². The van der Waals surface area contributed by atoms with Crippen molar-refractivity contribution in [1.29, 1.82) is 0 Å².